The van der Waals surface area contributed by atoms with Crippen LogP contribution in [0.1, 0.15) is 33.6 Å². The van der Waals surface area contributed by atoms with Crippen molar-refractivity contribution in [1.29, 1.82) is 0 Å². The van der Waals surface area contributed by atoms with Crippen molar-refractivity contribution < 1.29 is 23.9 Å². The summed E-state index contributed by atoms with van der Waals surface area (Å²) in [4.78, 5) is 37.0. The zero-order valence-corrected chi connectivity index (χ0v) is 11.6. The van der Waals surface area contributed by atoms with Gasteiger partial charge in [0.25, 0.3) is 0 Å². The van der Waals surface area contributed by atoms with E-state index in [1.54, 1.807) is 20.8 Å². The molecule has 6 nitrogen and oxygen atoms in total. The van der Waals surface area contributed by atoms with Crippen molar-refractivity contribution in [3.63, 3.8) is 0 Å². The Bertz CT molecular complexity index is 425. The molecular formula is C13H19NO5. The highest BCUT2D eigenvalue weighted by molar-refractivity contribution is 5.95. The average Bonchev–Trinajstić information content (AvgIpc) is 2.79. The summed E-state index contributed by atoms with van der Waals surface area (Å²) in [6, 6.07) is -0.955. The lowest BCUT2D eigenvalue weighted by Crippen LogP contribution is -2.41. The average molecular weight is 269 g/mol. The van der Waals surface area contributed by atoms with E-state index < -0.39 is 29.7 Å². The van der Waals surface area contributed by atoms with Gasteiger partial charge in [-0.2, -0.15) is 0 Å². The molecule has 0 aromatic carbocycles. The zero-order chi connectivity index (χ0) is 14.4. The quantitative estimate of drug-likeness (QED) is 0.667. The molecule has 2 saturated heterocycles. The van der Waals surface area contributed by atoms with Gasteiger partial charge in [0.15, 0.2) is 5.78 Å². The number of nitrogens with zero attached hydrogens (tertiary/aromatic N) is 1. The Hall–Kier alpha value is -1.59. The van der Waals surface area contributed by atoms with Crippen LogP contribution in [0.15, 0.2) is 0 Å². The number of methoxy groups -OCH3 is 1. The highest BCUT2D eigenvalue weighted by atomic mass is 16.6. The third-order valence-corrected chi connectivity index (χ3v) is 3.52. The van der Waals surface area contributed by atoms with Crippen LogP contribution in [-0.4, -0.2) is 47.5 Å². The summed E-state index contributed by atoms with van der Waals surface area (Å²) in [5.74, 6) is -0.787. The Kier molecular flexibility index (Phi) is 3.28. The van der Waals surface area contributed by atoms with Gasteiger partial charge in [0, 0.05) is 6.42 Å². The first kappa shape index (κ1) is 13.8. The smallest absolute Gasteiger partial charge is 0.411 e. The number of fused-ring (bicyclic) bond motifs is 2. The maximum absolute atomic E-state index is 12.1. The van der Waals surface area contributed by atoms with Crippen molar-refractivity contribution in [2.24, 2.45) is 5.92 Å². The van der Waals surface area contributed by atoms with Crippen molar-refractivity contribution in [3.8, 4) is 0 Å². The lowest BCUT2D eigenvalue weighted by Gasteiger charge is -2.27. The van der Waals surface area contributed by atoms with Crippen LogP contribution in [0, 0.1) is 5.92 Å². The molecule has 3 atom stereocenters. The molecule has 0 radical (unpaired) electrons. The second kappa shape index (κ2) is 4.51. The molecule has 0 aromatic rings. The van der Waals surface area contributed by atoms with Crippen LogP contribution >= 0.6 is 0 Å². The number of hydrogen-bond donors (Lipinski definition) is 0. The lowest BCUT2D eigenvalue weighted by molar-refractivity contribution is -0.146. The molecule has 2 aliphatic heterocycles. The summed E-state index contributed by atoms with van der Waals surface area (Å²) < 4.78 is 10.0. The first-order chi connectivity index (χ1) is 8.74. The third-order valence-electron chi connectivity index (χ3n) is 3.52. The van der Waals surface area contributed by atoms with Crippen LogP contribution < -0.4 is 0 Å². The van der Waals surface area contributed by atoms with Gasteiger partial charge in [0.05, 0.1) is 25.1 Å². The second-order valence-corrected chi connectivity index (χ2v) is 6.01. The normalized spacial score (nSPS) is 29.6. The Labute approximate surface area is 112 Å². The molecule has 2 fully saturated rings. The minimum Gasteiger partial charge on any atom is -0.469 e. The van der Waals surface area contributed by atoms with Crippen LogP contribution in [0.4, 0.5) is 4.79 Å². The fraction of sp³-hybridized carbons (Fsp3) is 0.769. The molecule has 0 aromatic heterocycles. The molecule has 2 rings (SSSR count). The van der Waals surface area contributed by atoms with Gasteiger partial charge >= 0.3 is 12.1 Å². The summed E-state index contributed by atoms with van der Waals surface area (Å²) in [6.07, 6.45) is 0.0266. The van der Waals surface area contributed by atoms with Crippen LogP contribution in [0.2, 0.25) is 0 Å². The molecule has 0 saturated carbocycles. The number of carbonyl (C=O) groups is 3. The molecule has 1 amide bonds. The summed E-state index contributed by atoms with van der Waals surface area (Å²) in [7, 11) is 1.31. The number of Topliss-reactive ketones (excluding diaryl/α,β-unsaturated/α-hetero) is 1. The van der Waals surface area contributed by atoms with Crippen LogP contribution in [0.3, 0.4) is 0 Å². The molecule has 19 heavy (non-hydrogen) atoms. The van der Waals surface area contributed by atoms with Gasteiger partial charge in [-0.1, -0.05) is 0 Å². The molecule has 0 spiro atoms. The zero-order valence-electron chi connectivity index (χ0n) is 11.6. The van der Waals surface area contributed by atoms with Crippen molar-refractivity contribution in [3.05, 3.63) is 0 Å². The van der Waals surface area contributed by atoms with Gasteiger partial charge in [-0.3, -0.25) is 14.5 Å². The Morgan fingerprint density at radius 3 is 2.47 bits per heavy atom. The monoisotopic (exact) mass is 269 g/mol. The van der Waals surface area contributed by atoms with Crippen LogP contribution in [0.5, 0.6) is 0 Å². The van der Waals surface area contributed by atoms with E-state index >= 15 is 0 Å². The molecular weight excluding hydrogens is 250 g/mol. The highest BCUT2D eigenvalue weighted by Gasteiger charge is 2.57. The molecule has 2 heterocycles. The van der Waals surface area contributed by atoms with Gasteiger partial charge in [-0.05, 0) is 27.2 Å². The van der Waals surface area contributed by atoms with Gasteiger partial charge in [0.2, 0.25) is 0 Å². The standard InChI is InChI=1S/C13H19NO5/c1-13(2,3)19-12(17)14-8-6-10(15)9(14)5-7(8)11(16)18-4/h7-9H,5-6H2,1-4H3/t7-,8-,9+/m1/s1. The van der Waals surface area contributed by atoms with E-state index in [0.717, 1.165) is 0 Å². The minimum atomic E-state index is -0.622. The maximum Gasteiger partial charge on any atom is 0.411 e. The molecule has 6 heteroatoms. The number of esters is 1. The first-order valence-electron chi connectivity index (χ1n) is 6.36. The van der Waals surface area contributed by atoms with E-state index in [9.17, 15) is 14.4 Å². The molecule has 2 aliphatic rings. The fourth-order valence-corrected chi connectivity index (χ4v) is 2.79. The predicted molar refractivity (Wildman–Crippen MR) is 65.4 cm³/mol. The topological polar surface area (TPSA) is 72.9 Å². The largest absolute Gasteiger partial charge is 0.469 e. The molecule has 0 N–H and O–H groups in total. The minimum absolute atomic E-state index is 0.00369. The Balaban J connectivity index is 2.16. The van der Waals surface area contributed by atoms with E-state index in [1.165, 1.54) is 12.0 Å². The maximum atomic E-state index is 12.1. The number of amides is 1. The molecule has 0 aliphatic carbocycles. The van der Waals surface area contributed by atoms with Crippen LogP contribution in [-0.2, 0) is 19.1 Å². The molecule has 0 unspecified atom stereocenters. The fourth-order valence-electron chi connectivity index (χ4n) is 2.79. The number of rotatable bonds is 1. The van der Waals surface area contributed by atoms with Crippen LogP contribution in [0.25, 0.3) is 0 Å². The van der Waals surface area contributed by atoms with E-state index in [0.29, 0.717) is 6.42 Å². The first-order valence-corrected chi connectivity index (χ1v) is 6.36. The van der Waals surface area contributed by atoms with E-state index in [2.05, 4.69) is 0 Å². The van der Waals surface area contributed by atoms with E-state index in [1.807, 2.05) is 0 Å². The Morgan fingerprint density at radius 1 is 1.32 bits per heavy atom. The number of carbonyl (C=O) groups excluding carboxylic acids is 3. The van der Waals surface area contributed by atoms with Crippen molar-refractivity contribution in [2.45, 2.75) is 51.3 Å². The number of ketones is 1. The van der Waals surface area contributed by atoms with Crippen molar-refractivity contribution >= 4 is 17.8 Å². The van der Waals surface area contributed by atoms with E-state index in [-0.39, 0.29) is 18.2 Å². The molecule has 106 valence electrons. The summed E-state index contributed by atoms with van der Waals surface area (Å²) in [6.45, 7) is 5.30. The second-order valence-electron chi connectivity index (χ2n) is 6.01. The predicted octanol–water partition coefficient (Wildman–Crippen LogP) is 1.13. The number of ether oxygens (including phenoxy) is 2. The third kappa shape index (κ3) is 2.43. The van der Waals surface area contributed by atoms with Crippen molar-refractivity contribution in [2.75, 3.05) is 7.11 Å². The summed E-state index contributed by atoms with van der Waals surface area (Å²) in [5.41, 5.74) is -0.622. The van der Waals surface area contributed by atoms with Gasteiger partial charge in [0.1, 0.15) is 5.60 Å². The summed E-state index contributed by atoms with van der Waals surface area (Å²) in [5, 5.41) is 0. The van der Waals surface area contributed by atoms with Gasteiger partial charge < -0.3 is 9.47 Å². The lowest BCUT2D eigenvalue weighted by atomic mass is 9.88. The summed E-state index contributed by atoms with van der Waals surface area (Å²) >= 11 is 0. The van der Waals surface area contributed by atoms with Gasteiger partial charge in [-0.15, -0.1) is 0 Å². The SMILES string of the molecule is COC(=O)[C@@H]1C[C@H]2C(=O)C[C@H]1N2C(=O)OC(C)(C)C. The highest BCUT2D eigenvalue weighted by Crippen LogP contribution is 2.41. The Morgan fingerprint density at radius 2 is 1.95 bits per heavy atom. The van der Waals surface area contributed by atoms with E-state index in [4.69, 9.17) is 9.47 Å². The number of hydrogen-bond acceptors (Lipinski definition) is 5. The molecule has 2 bridgehead atoms. The van der Waals surface area contributed by atoms with Crippen molar-refractivity contribution in [1.82, 2.24) is 4.90 Å². The van der Waals surface area contributed by atoms with Gasteiger partial charge in [-0.25, -0.2) is 4.79 Å².